The zero-order valence-corrected chi connectivity index (χ0v) is 13.6. The van der Waals surface area contributed by atoms with Crippen LogP contribution in [-0.2, 0) is 9.84 Å². The van der Waals surface area contributed by atoms with E-state index in [1.165, 1.54) is 12.7 Å². The van der Waals surface area contributed by atoms with Crippen molar-refractivity contribution < 1.29 is 8.42 Å². The minimum atomic E-state index is -3.28. The van der Waals surface area contributed by atoms with Gasteiger partial charge in [0.25, 0.3) is 0 Å². The number of hydrogen-bond donors (Lipinski definition) is 1. The first kappa shape index (κ1) is 16.1. The highest BCUT2D eigenvalue weighted by Gasteiger charge is 2.20. The summed E-state index contributed by atoms with van der Waals surface area (Å²) in [5.74, 6) is 0.459. The molecule has 116 valence electrons. The zero-order chi connectivity index (χ0) is 15.5. The molecule has 0 radical (unpaired) electrons. The molecule has 1 aromatic carbocycles. The van der Waals surface area contributed by atoms with Gasteiger partial charge in [0.15, 0.2) is 9.84 Å². The van der Waals surface area contributed by atoms with Gasteiger partial charge in [0, 0.05) is 19.3 Å². The third-order valence-electron chi connectivity index (χ3n) is 3.45. The van der Waals surface area contributed by atoms with Crippen molar-refractivity contribution in [3.05, 3.63) is 18.2 Å². The number of nitrogens with zero attached hydrogens (tertiary/aromatic N) is 2. The molecule has 1 saturated heterocycles. The van der Waals surface area contributed by atoms with Crippen molar-refractivity contribution in [2.45, 2.75) is 24.2 Å². The largest absolute Gasteiger partial charge is 0.386 e. The summed E-state index contributed by atoms with van der Waals surface area (Å²) in [6, 6.07) is 5.03. The number of halogens is 1. The second-order valence-electron chi connectivity index (χ2n) is 5.21. The fourth-order valence-corrected chi connectivity index (χ4v) is 3.41. The Balaban J connectivity index is 2.48. The summed E-state index contributed by atoms with van der Waals surface area (Å²) < 4.78 is 24.0. The Labute approximate surface area is 130 Å². The van der Waals surface area contributed by atoms with Crippen molar-refractivity contribution in [2.24, 2.45) is 10.7 Å². The third-order valence-corrected chi connectivity index (χ3v) is 4.87. The Morgan fingerprint density at radius 1 is 1.33 bits per heavy atom. The van der Waals surface area contributed by atoms with Gasteiger partial charge in [-0.1, -0.05) is 0 Å². The van der Waals surface area contributed by atoms with Gasteiger partial charge < -0.3 is 10.6 Å². The van der Waals surface area contributed by atoms with Crippen LogP contribution in [0, 0.1) is 0 Å². The number of anilines is 1. The van der Waals surface area contributed by atoms with Gasteiger partial charge in [-0.25, -0.2) is 13.4 Å². The molecule has 0 amide bonds. The van der Waals surface area contributed by atoms with Crippen LogP contribution in [0.15, 0.2) is 28.1 Å². The van der Waals surface area contributed by atoms with Crippen molar-refractivity contribution in [2.75, 3.05) is 30.1 Å². The van der Waals surface area contributed by atoms with Crippen molar-refractivity contribution in [3.8, 4) is 0 Å². The lowest BCUT2D eigenvalue weighted by atomic mass is 10.1. The van der Waals surface area contributed by atoms with E-state index in [1.54, 1.807) is 18.2 Å². The molecule has 0 spiro atoms. The van der Waals surface area contributed by atoms with Crippen LogP contribution >= 0.6 is 11.6 Å². The van der Waals surface area contributed by atoms with Crippen LogP contribution < -0.4 is 10.6 Å². The number of piperidine rings is 1. The van der Waals surface area contributed by atoms with E-state index in [4.69, 9.17) is 17.3 Å². The lowest BCUT2D eigenvalue weighted by Gasteiger charge is -2.30. The molecular formula is C14H20ClN3O2S. The number of rotatable bonds is 4. The molecule has 0 unspecified atom stereocenters. The van der Waals surface area contributed by atoms with Gasteiger partial charge in [-0.3, -0.25) is 0 Å². The summed E-state index contributed by atoms with van der Waals surface area (Å²) in [7, 11) is -3.28. The summed E-state index contributed by atoms with van der Waals surface area (Å²) in [6.45, 7) is 1.72. The molecule has 1 fully saturated rings. The molecule has 5 nitrogen and oxygen atoms in total. The van der Waals surface area contributed by atoms with Gasteiger partial charge in [-0.05, 0) is 37.5 Å². The van der Waals surface area contributed by atoms with Crippen LogP contribution in [0.5, 0.6) is 0 Å². The summed E-state index contributed by atoms with van der Waals surface area (Å²) in [6.07, 6.45) is 4.55. The van der Waals surface area contributed by atoms with Gasteiger partial charge in [-0.2, -0.15) is 0 Å². The molecule has 0 atom stereocenters. The topological polar surface area (TPSA) is 75.8 Å². The molecule has 0 saturated carbocycles. The highest BCUT2D eigenvalue weighted by molar-refractivity contribution is 7.90. The van der Waals surface area contributed by atoms with Crippen LogP contribution in [0.2, 0.25) is 0 Å². The van der Waals surface area contributed by atoms with Gasteiger partial charge in [-0.15, -0.1) is 11.6 Å². The molecule has 1 aliphatic heterocycles. The maximum atomic E-state index is 12.0. The first-order valence-corrected chi connectivity index (χ1v) is 9.32. The quantitative estimate of drug-likeness (QED) is 0.522. The Morgan fingerprint density at radius 2 is 2.00 bits per heavy atom. The van der Waals surface area contributed by atoms with Crippen LogP contribution in [0.3, 0.4) is 0 Å². The molecule has 21 heavy (non-hydrogen) atoms. The number of benzene rings is 1. The number of hydrogen-bond acceptors (Lipinski definition) is 4. The zero-order valence-electron chi connectivity index (χ0n) is 12.0. The molecule has 0 bridgehead atoms. The normalized spacial score (nSPS) is 17.0. The van der Waals surface area contributed by atoms with Crippen LogP contribution in [0.4, 0.5) is 11.4 Å². The predicted molar refractivity (Wildman–Crippen MR) is 87.6 cm³/mol. The van der Waals surface area contributed by atoms with Crippen molar-refractivity contribution in [3.63, 3.8) is 0 Å². The minimum Gasteiger partial charge on any atom is -0.386 e. The molecule has 1 heterocycles. The van der Waals surface area contributed by atoms with Crippen LogP contribution in [0.1, 0.15) is 19.3 Å². The average molecular weight is 330 g/mol. The Hall–Kier alpha value is -1.27. The molecule has 1 aromatic rings. The Morgan fingerprint density at radius 3 is 2.57 bits per heavy atom. The lowest BCUT2D eigenvalue weighted by molar-refractivity contribution is 0.572. The van der Waals surface area contributed by atoms with Gasteiger partial charge in [0.05, 0.1) is 22.2 Å². The number of alkyl halides is 1. The first-order chi connectivity index (χ1) is 9.91. The standard InChI is InChI=1S/C14H20ClN3O2S/c1-21(19,20)13-6-5-11(17-14(16)10-15)9-12(13)18-7-3-2-4-8-18/h5-6,9H,2-4,7-8,10H2,1H3,(H2,16,17). The lowest BCUT2D eigenvalue weighted by Crippen LogP contribution is -2.30. The van der Waals surface area contributed by atoms with E-state index in [1.807, 2.05) is 0 Å². The number of amidine groups is 1. The molecule has 2 N–H and O–H groups in total. The van der Waals surface area contributed by atoms with E-state index in [0.29, 0.717) is 22.1 Å². The van der Waals surface area contributed by atoms with E-state index >= 15 is 0 Å². The van der Waals surface area contributed by atoms with Crippen molar-refractivity contribution in [1.82, 2.24) is 0 Å². The summed E-state index contributed by atoms with van der Waals surface area (Å²) in [5, 5.41) is 0. The smallest absolute Gasteiger partial charge is 0.177 e. The van der Waals surface area contributed by atoms with Gasteiger partial charge in [0.1, 0.15) is 5.84 Å². The van der Waals surface area contributed by atoms with Crippen LogP contribution in [-0.4, -0.2) is 39.5 Å². The fourth-order valence-electron chi connectivity index (χ4n) is 2.47. The van der Waals surface area contributed by atoms with Crippen molar-refractivity contribution >= 4 is 38.6 Å². The maximum absolute atomic E-state index is 12.0. The minimum absolute atomic E-state index is 0.146. The predicted octanol–water partition coefficient (Wildman–Crippen LogP) is 2.31. The first-order valence-electron chi connectivity index (χ1n) is 6.90. The Bertz CT molecular complexity index is 638. The number of aliphatic imine (C=N–C) groups is 1. The number of nitrogens with two attached hydrogens (primary N) is 1. The monoisotopic (exact) mass is 329 g/mol. The molecule has 0 aromatic heterocycles. The molecular weight excluding hydrogens is 310 g/mol. The molecule has 0 aliphatic carbocycles. The van der Waals surface area contributed by atoms with E-state index in [-0.39, 0.29) is 5.88 Å². The average Bonchev–Trinajstić information content (AvgIpc) is 2.47. The molecule has 2 rings (SSSR count). The number of sulfone groups is 1. The highest BCUT2D eigenvalue weighted by atomic mass is 35.5. The summed E-state index contributed by atoms with van der Waals surface area (Å²) in [4.78, 5) is 6.64. The SMILES string of the molecule is CS(=O)(=O)c1ccc(N=C(N)CCl)cc1N1CCCCC1. The third kappa shape index (κ3) is 4.11. The summed E-state index contributed by atoms with van der Waals surface area (Å²) >= 11 is 5.63. The van der Waals surface area contributed by atoms with Crippen LogP contribution in [0.25, 0.3) is 0 Å². The highest BCUT2D eigenvalue weighted by Crippen LogP contribution is 2.31. The van der Waals surface area contributed by atoms with Gasteiger partial charge in [0.2, 0.25) is 0 Å². The summed E-state index contributed by atoms with van der Waals surface area (Å²) in [5.41, 5.74) is 6.98. The molecule has 1 aliphatic rings. The van der Waals surface area contributed by atoms with Gasteiger partial charge >= 0.3 is 0 Å². The fraction of sp³-hybridized carbons (Fsp3) is 0.500. The van der Waals surface area contributed by atoms with E-state index in [9.17, 15) is 8.42 Å². The maximum Gasteiger partial charge on any atom is 0.177 e. The second kappa shape index (κ2) is 6.66. The van der Waals surface area contributed by atoms with Crippen molar-refractivity contribution in [1.29, 1.82) is 0 Å². The Kier molecular flexibility index (Phi) is 5.11. The van der Waals surface area contributed by atoms with E-state index in [0.717, 1.165) is 25.9 Å². The van der Waals surface area contributed by atoms with E-state index < -0.39 is 9.84 Å². The second-order valence-corrected chi connectivity index (χ2v) is 7.46. The van der Waals surface area contributed by atoms with E-state index in [2.05, 4.69) is 9.89 Å². The molecule has 7 heteroatoms.